The monoisotopic (exact) mass is 612 g/mol. The number of nitrogens with two attached hydrogens (primary N) is 1. The molecule has 1 aliphatic heterocycles. The van der Waals surface area contributed by atoms with Gasteiger partial charge in [0.15, 0.2) is 0 Å². The fraction of sp³-hybridized carbons (Fsp3) is 0.0588. The summed E-state index contributed by atoms with van der Waals surface area (Å²) >= 11 is 0. The van der Waals surface area contributed by atoms with Gasteiger partial charge in [0, 0.05) is 18.0 Å². The summed E-state index contributed by atoms with van der Waals surface area (Å²) in [6, 6.07) is 30.4. The number of benzene rings is 4. The van der Waals surface area contributed by atoms with Gasteiger partial charge in [-0.25, -0.2) is 13.1 Å². The van der Waals surface area contributed by atoms with E-state index >= 15 is 0 Å². The molecule has 11 heteroatoms. The molecule has 220 valence electrons. The van der Waals surface area contributed by atoms with Crippen molar-refractivity contribution in [2.24, 2.45) is 7.05 Å². The maximum Gasteiger partial charge on any atom is 0.214 e. The number of nitriles is 2. The molecule has 3 heterocycles. The first-order valence-corrected chi connectivity index (χ1v) is 15.1. The van der Waals surface area contributed by atoms with Crippen molar-refractivity contribution in [3.63, 3.8) is 0 Å². The molecule has 0 aliphatic carbocycles. The molecule has 0 saturated carbocycles. The maximum absolute atomic E-state index is 13.4. The van der Waals surface area contributed by atoms with Crippen LogP contribution in [0.5, 0.6) is 11.5 Å². The normalized spacial score (nSPS) is 12.3. The molecule has 2 aromatic heterocycles. The van der Waals surface area contributed by atoms with Crippen molar-refractivity contribution in [1.29, 1.82) is 10.5 Å². The summed E-state index contributed by atoms with van der Waals surface area (Å²) in [7, 11) is -1.09. The lowest BCUT2D eigenvalue weighted by Gasteiger charge is -2.12. The van der Waals surface area contributed by atoms with Crippen LogP contribution in [0.2, 0.25) is 0 Å². The van der Waals surface area contributed by atoms with E-state index in [0.717, 1.165) is 11.1 Å². The van der Waals surface area contributed by atoms with Gasteiger partial charge < -0.3 is 15.0 Å². The second kappa shape index (κ2) is 11.2. The van der Waals surface area contributed by atoms with Gasteiger partial charge in [-0.15, -0.1) is 0 Å². The fourth-order valence-electron chi connectivity index (χ4n) is 5.09. The second-order valence-electron chi connectivity index (χ2n) is 10.3. The SMILES string of the molecule is Cc1cc(Oc2cccc(C#N)c2)ccc1-n1ncc(C(=O)c2cc3c(C#N)cccc3n2C)c1N.O=S1(=O)c2ccccc21. The fourth-order valence-corrected chi connectivity index (χ4v) is 6.39. The van der Waals surface area contributed by atoms with Gasteiger partial charge in [0.05, 0.1) is 56.2 Å². The van der Waals surface area contributed by atoms with Crippen LogP contribution in [0.4, 0.5) is 5.82 Å². The Morgan fingerprint density at radius 2 is 1.60 bits per heavy atom. The Balaban J connectivity index is 0.000000337. The van der Waals surface area contributed by atoms with Gasteiger partial charge in [-0.05, 0) is 79.2 Å². The van der Waals surface area contributed by atoms with Gasteiger partial charge >= 0.3 is 0 Å². The minimum Gasteiger partial charge on any atom is -0.457 e. The van der Waals surface area contributed by atoms with Crippen molar-refractivity contribution >= 4 is 32.3 Å². The molecule has 45 heavy (non-hydrogen) atoms. The number of fused-ring (bicyclic) bond motifs is 2. The predicted molar refractivity (Wildman–Crippen MR) is 167 cm³/mol. The Kier molecular flexibility index (Phi) is 7.17. The number of hydrogen-bond donors (Lipinski definition) is 1. The van der Waals surface area contributed by atoms with E-state index in [4.69, 9.17) is 15.7 Å². The summed E-state index contributed by atoms with van der Waals surface area (Å²) in [5.74, 6) is 1.08. The highest BCUT2D eigenvalue weighted by molar-refractivity contribution is 7.97. The minimum atomic E-state index is -2.88. The van der Waals surface area contributed by atoms with Crippen molar-refractivity contribution in [2.45, 2.75) is 16.7 Å². The Bertz CT molecular complexity index is 2330. The smallest absolute Gasteiger partial charge is 0.214 e. The minimum absolute atomic E-state index is 0.212. The third-order valence-electron chi connectivity index (χ3n) is 7.47. The summed E-state index contributed by atoms with van der Waals surface area (Å²) in [6.07, 6.45) is 1.46. The van der Waals surface area contributed by atoms with E-state index in [9.17, 15) is 18.5 Å². The molecule has 0 fully saturated rings. The highest BCUT2D eigenvalue weighted by atomic mass is 32.2. The molecule has 0 radical (unpaired) electrons. The van der Waals surface area contributed by atoms with E-state index in [2.05, 4.69) is 17.2 Å². The number of sulfone groups is 1. The highest BCUT2D eigenvalue weighted by Crippen LogP contribution is 2.39. The van der Waals surface area contributed by atoms with Gasteiger partial charge in [0.1, 0.15) is 17.3 Å². The van der Waals surface area contributed by atoms with E-state index in [1.807, 2.05) is 25.1 Å². The molecule has 0 atom stereocenters. The number of nitrogen functional groups attached to an aromatic ring is 1. The van der Waals surface area contributed by atoms with Crippen molar-refractivity contribution in [3.05, 3.63) is 125 Å². The number of carbonyl (C=O) groups excluding carboxylic acids is 1. The van der Waals surface area contributed by atoms with Crippen LogP contribution in [-0.4, -0.2) is 28.5 Å². The van der Waals surface area contributed by atoms with Crippen molar-refractivity contribution in [1.82, 2.24) is 14.3 Å². The molecule has 4 aromatic carbocycles. The van der Waals surface area contributed by atoms with Crippen molar-refractivity contribution < 1.29 is 17.9 Å². The number of rotatable bonds is 5. The Labute approximate surface area is 258 Å². The number of ketones is 1. The first-order valence-electron chi connectivity index (χ1n) is 13.6. The average Bonchev–Trinajstić information content (AvgIpc) is 3.28. The lowest BCUT2D eigenvalue weighted by atomic mass is 10.1. The summed E-state index contributed by atoms with van der Waals surface area (Å²) in [4.78, 5) is 14.4. The predicted octanol–water partition coefficient (Wildman–Crippen LogP) is 5.85. The third kappa shape index (κ3) is 5.18. The van der Waals surface area contributed by atoms with Crippen LogP contribution in [0.3, 0.4) is 0 Å². The average molecular weight is 613 g/mol. The molecule has 7 rings (SSSR count). The van der Waals surface area contributed by atoms with Crippen LogP contribution in [-0.2, 0) is 16.9 Å². The van der Waals surface area contributed by atoms with Crippen LogP contribution in [0.25, 0.3) is 16.6 Å². The van der Waals surface area contributed by atoms with Gasteiger partial charge in [0.25, 0.3) is 0 Å². The van der Waals surface area contributed by atoms with Crippen LogP contribution >= 0.6 is 0 Å². The Morgan fingerprint density at radius 3 is 2.27 bits per heavy atom. The molecule has 10 nitrogen and oxygen atoms in total. The zero-order valence-corrected chi connectivity index (χ0v) is 24.9. The standard InChI is InChI=1S/C28H20N6O2.C6H4O2S/c1-17-11-21(36-20-7-3-5-18(12-20)14-29)9-10-24(17)34-28(31)23(16-32-34)27(35)26-13-22-19(15-30)6-4-8-25(22)33(26)2;7-9(8)5-3-1-2-4-6(5)9/h3-13,16H,31H2,1-2H3;1-4H. The molecule has 0 unspecified atom stereocenters. The second-order valence-corrected chi connectivity index (χ2v) is 12.1. The van der Waals surface area contributed by atoms with E-state index in [1.165, 1.54) is 10.9 Å². The van der Waals surface area contributed by atoms with Crippen LogP contribution < -0.4 is 10.5 Å². The number of aryl methyl sites for hydroxylation is 2. The summed E-state index contributed by atoms with van der Waals surface area (Å²) < 4.78 is 30.6. The zero-order valence-electron chi connectivity index (χ0n) is 24.1. The first-order chi connectivity index (χ1) is 21.6. The molecule has 6 aromatic rings. The molecular weight excluding hydrogens is 588 g/mol. The topological polar surface area (TPSA) is 157 Å². The highest BCUT2D eigenvalue weighted by Gasteiger charge is 2.37. The van der Waals surface area contributed by atoms with Crippen LogP contribution in [0, 0.1) is 29.6 Å². The molecule has 0 saturated heterocycles. The number of nitrogens with zero attached hydrogens (tertiary/aromatic N) is 5. The van der Waals surface area contributed by atoms with Crippen molar-refractivity contribution in [2.75, 3.05) is 5.73 Å². The van der Waals surface area contributed by atoms with Gasteiger partial charge in [-0.1, -0.05) is 24.3 Å². The molecule has 0 spiro atoms. The van der Waals surface area contributed by atoms with Gasteiger partial charge in [-0.2, -0.15) is 15.6 Å². The molecule has 0 bridgehead atoms. The number of anilines is 1. The van der Waals surface area contributed by atoms with Gasteiger partial charge in [0.2, 0.25) is 15.6 Å². The number of hydrogen-bond acceptors (Lipinski definition) is 8. The summed E-state index contributed by atoms with van der Waals surface area (Å²) in [5, 5.41) is 23.6. The van der Waals surface area contributed by atoms with E-state index in [-0.39, 0.29) is 17.2 Å². The van der Waals surface area contributed by atoms with E-state index in [1.54, 1.807) is 84.4 Å². The van der Waals surface area contributed by atoms with E-state index < -0.39 is 9.84 Å². The number of ether oxygens (including phenoxy) is 1. The Morgan fingerprint density at radius 1 is 0.889 bits per heavy atom. The largest absolute Gasteiger partial charge is 0.457 e. The zero-order chi connectivity index (χ0) is 31.9. The van der Waals surface area contributed by atoms with Crippen LogP contribution in [0.15, 0.2) is 107 Å². The Hall–Kier alpha value is -6.17. The lowest BCUT2D eigenvalue weighted by molar-refractivity contribution is 0.103. The quantitative estimate of drug-likeness (QED) is 0.187. The molecular formula is C34H24N6O4S. The molecule has 0 amide bonds. The maximum atomic E-state index is 13.4. The third-order valence-corrected chi connectivity index (χ3v) is 9.14. The van der Waals surface area contributed by atoms with E-state index in [0.29, 0.717) is 49.2 Å². The van der Waals surface area contributed by atoms with Crippen LogP contribution in [0.1, 0.15) is 32.7 Å². The van der Waals surface area contributed by atoms with Crippen molar-refractivity contribution in [3.8, 4) is 29.3 Å². The summed E-state index contributed by atoms with van der Waals surface area (Å²) in [5.41, 5.74) is 10.4. The molecule has 1 aliphatic rings. The summed E-state index contributed by atoms with van der Waals surface area (Å²) in [6.45, 7) is 1.89. The first kappa shape index (κ1) is 28.9. The number of carbonyl (C=O) groups is 1. The molecule has 2 N–H and O–H groups in total. The van der Waals surface area contributed by atoms with Gasteiger partial charge in [-0.3, -0.25) is 4.79 Å². The lowest BCUT2D eigenvalue weighted by Crippen LogP contribution is -2.10. The number of aromatic nitrogens is 3.